The van der Waals surface area contributed by atoms with E-state index in [9.17, 15) is 14.7 Å². The van der Waals surface area contributed by atoms with E-state index in [1.165, 1.54) is 7.11 Å². The normalized spacial score (nSPS) is 52.1. The van der Waals surface area contributed by atoms with Crippen molar-refractivity contribution >= 4 is 11.8 Å². The molecule has 0 aromatic rings. The minimum atomic E-state index is -0.220. The van der Waals surface area contributed by atoms with Crippen molar-refractivity contribution < 1.29 is 19.4 Å². The third-order valence-electron chi connectivity index (χ3n) is 8.81. The highest BCUT2D eigenvalue weighted by Gasteiger charge is 2.64. The van der Waals surface area contributed by atoms with Crippen LogP contribution in [0.3, 0.4) is 0 Å². The van der Waals surface area contributed by atoms with Gasteiger partial charge in [0.1, 0.15) is 5.78 Å². The number of rotatable bonds is 1. The Morgan fingerprint density at radius 2 is 1.88 bits per heavy atom. The molecule has 4 nitrogen and oxygen atoms in total. The molecule has 3 unspecified atom stereocenters. The van der Waals surface area contributed by atoms with E-state index in [4.69, 9.17) is 4.74 Å². The molecule has 0 heterocycles. The van der Waals surface area contributed by atoms with Crippen molar-refractivity contribution in [1.29, 1.82) is 0 Å². The number of carbonyl (C=O) groups is 2. The van der Waals surface area contributed by atoms with Gasteiger partial charge < -0.3 is 9.84 Å². The molecule has 4 saturated carbocycles. The minimum Gasteiger partial charge on any atom is -0.469 e. The zero-order valence-corrected chi connectivity index (χ0v) is 15.8. The molecule has 0 radical (unpaired) electrons. The first kappa shape index (κ1) is 17.5. The van der Waals surface area contributed by atoms with Gasteiger partial charge >= 0.3 is 5.97 Å². The topological polar surface area (TPSA) is 63.6 Å². The van der Waals surface area contributed by atoms with E-state index in [0.29, 0.717) is 30.0 Å². The predicted molar refractivity (Wildman–Crippen MR) is 93.6 cm³/mol. The predicted octanol–water partition coefficient (Wildman–Crippen LogP) is 3.36. The van der Waals surface area contributed by atoms with Gasteiger partial charge in [-0.3, -0.25) is 9.59 Å². The molecule has 1 N–H and O–H groups in total. The van der Waals surface area contributed by atoms with Crippen molar-refractivity contribution in [3.63, 3.8) is 0 Å². The van der Waals surface area contributed by atoms with Crippen LogP contribution in [0.2, 0.25) is 0 Å². The van der Waals surface area contributed by atoms with E-state index < -0.39 is 0 Å². The van der Waals surface area contributed by atoms with Crippen LogP contribution in [-0.4, -0.2) is 30.1 Å². The average molecular weight is 348 g/mol. The molecule has 4 heteroatoms. The Balaban J connectivity index is 1.66. The number of ketones is 1. The monoisotopic (exact) mass is 348 g/mol. The second-order valence-electron chi connectivity index (χ2n) is 9.76. The summed E-state index contributed by atoms with van der Waals surface area (Å²) >= 11 is 0. The highest BCUT2D eigenvalue weighted by molar-refractivity contribution is 5.86. The van der Waals surface area contributed by atoms with Crippen LogP contribution in [0.1, 0.15) is 65.2 Å². The Hall–Kier alpha value is -0.900. The summed E-state index contributed by atoms with van der Waals surface area (Å²) in [4.78, 5) is 25.7. The second-order valence-corrected chi connectivity index (χ2v) is 9.76. The van der Waals surface area contributed by atoms with Gasteiger partial charge in [-0.25, -0.2) is 0 Å². The molecular weight excluding hydrogens is 316 g/mol. The minimum absolute atomic E-state index is 0.0455. The maximum Gasteiger partial charge on any atom is 0.309 e. The number of Topliss-reactive ketones (excluding diaryl/α,β-unsaturated/α-hetero) is 1. The summed E-state index contributed by atoms with van der Waals surface area (Å²) < 4.78 is 5.06. The van der Waals surface area contributed by atoms with E-state index in [-0.39, 0.29) is 34.7 Å². The third-order valence-corrected chi connectivity index (χ3v) is 8.81. The molecule has 0 spiro atoms. The number of carbonyl (C=O) groups excluding carboxylic acids is 2. The van der Waals surface area contributed by atoms with Gasteiger partial charge in [0.15, 0.2) is 0 Å². The lowest BCUT2D eigenvalue weighted by atomic mass is 9.44. The van der Waals surface area contributed by atoms with Crippen molar-refractivity contribution in [2.45, 2.75) is 71.3 Å². The smallest absolute Gasteiger partial charge is 0.309 e. The van der Waals surface area contributed by atoms with E-state index in [0.717, 1.165) is 44.9 Å². The standard InChI is InChI=1S/C21H32O4/c1-20-9-8-13(22)10-12(20)4-5-14-15-6-7-16(19(24)25-3)21(15,2)11-17(23)18(14)20/h12-16,18,22H,4-11H2,1-3H3/t12?,13?,14-,15-,16?,18-,20-,21-/m0/s1. The van der Waals surface area contributed by atoms with E-state index in [1.54, 1.807) is 0 Å². The molecule has 4 aliphatic carbocycles. The van der Waals surface area contributed by atoms with Crippen molar-refractivity contribution in [1.82, 2.24) is 0 Å². The molecule has 4 fully saturated rings. The van der Waals surface area contributed by atoms with Gasteiger partial charge in [-0.15, -0.1) is 0 Å². The number of ether oxygens (including phenoxy) is 1. The molecule has 4 rings (SSSR count). The quantitative estimate of drug-likeness (QED) is 0.738. The Labute approximate surface area is 150 Å². The molecular formula is C21H32O4. The fourth-order valence-electron chi connectivity index (χ4n) is 7.58. The van der Waals surface area contributed by atoms with Crippen LogP contribution in [0.5, 0.6) is 0 Å². The highest BCUT2D eigenvalue weighted by Crippen LogP contribution is 2.66. The Morgan fingerprint density at radius 1 is 1.12 bits per heavy atom. The SMILES string of the molecule is COC(=O)C1CC[C@H]2[C@@H]3CCC4CC(O)CC[C@]4(C)[C@@H]3C(=O)C[C@]12C. The lowest BCUT2D eigenvalue weighted by Crippen LogP contribution is -2.58. The summed E-state index contributed by atoms with van der Waals surface area (Å²) in [5, 5.41) is 10.1. The molecule has 0 saturated heterocycles. The molecule has 4 aliphatic rings. The summed E-state index contributed by atoms with van der Waals surface area (Å²) in [5.41, 5.74) is -0.174. The lowest BCUT2D eigenvalue weighted by molar-refractivity contribution is -0.166. The zero-order valence-electron chi connectivity index (χ0n) is 15.8. The molecule has 25 heavy (non-hydrogen) atoms. The van der Waals surface area contributed by atoms with Gasteiger partial charge in [0.2, 0.25) is 0 Å². The van der Waals surface area contributed by atoms with Crippen LogP contribution in [0, 0.1) is 40.4 Å². The van der Waals surface area contributed by atoms with E-state index in [2.05, 4.69) is 13.8 Å². The zero-order chi connectivity index (χ0) is 18.0. The number of hydrogen-bond donors (Lipinski definition) is 1. The first-order valence-corrected chi connectivity index (χ1v) is 10.1. The van der Waals surface area contributed by atoms with Crippen molar-refractivity contribution in [3.8, 4) is 0 Å². The number of aliphatic hydroxyl groups excluding tert-OH is 1. The number of esters is 1. The largest absolute Gasteiger partial charge is 0.469 e. The highest BCUT2D eigenvalue weighted by atomic mass is 16.5. The number of hydrogen-bond acceptors (Lipinski definition) is 4. The molecule has 0 aliphatic heterocycles. The first-order chi connectivity index (χ1) is 11.8. The number of fused-ring (bicyclic) bond motifs is 5. The molecule has 140 valence electrons. The van der Waals surface area contributed by atoms with Crippen LogP contribution in [0.15, 0.2) is 0 Å². The Kier molecular flexibility index (Phi) is 4.06. The van der Waals surface area contributed by atoms with Crippen LogP contribution < -0.4 is 0 Å². The average Bonchev–Trinajstić information content (AvgIpc) is 2.91. The van der Waals surface area contributed by atoms with Crippen molar-refractivity contribution in [3.05, 3.63) is 0 Å². The van der Waals surface area contributed by atoms with Gasteiger partial charge in [0.05, 0.1) is 19.1 Å². The van der Waals surface area contributed by atoms with Crippen LogP contribution in [0.25, 0.3) is 0 Å². The first-order valence-electron chi connectivity index (χ1n) is 10.1. The van der Waals surface area contributed by atoms with Crippen LogP contribution in [-0.2, 0) is 14.3 Å². The Morgan fingerprint density at radius 3 is 2.60 bits per heavy atom. The summed E-state index contributed by atoms with van der Waals surface area (Å²) in [6, 6.07) is 0. The maximum atomic E-state index is 13.4. The van der Waals surface area contributed by atoms with E-state index in [1.807, 2.05) is 0 Å². The second kappa shape index (κ2) is 5.80. The molecule has 0 aromatic carbocycles. The van der Waals surface area contributed by atoms with E-state index >= 15 is 0 Å². The fraction of sp³-hybridized carbons (Fsp3) is 0.905. The van der Waals surface area contributed by atoms with Gasteiger partial charge in [-0.2, -0.15) is 0 Å². The van der Waals surface area contributed by atoms with Gasteiger partial charge in [0, 0.05) is 12.3 Å². The fourth-order valence-corrected chi connectivity index (χ4v) is 7.58. The molecule has 0 aromatic heterocycles. The van der Waals surface area contributed by atoms with Crippen LogP contribution in [0.4, 0.5) is 0 Å². The molecule has 0 bridgehead atoms. The van der Waals surface area contributed by atoms with Gasteiger partial charge in [-0.05, 0) is 73.5 Å². The maximum absolute atomic E-state index is 13.4. The summed E-state index contributed by atoms with van der Waals surface area (Å²) in [5.74, 6) is 1.62. The number of methoxy groups -OCH3 is 1. The Bertz CT molecular complexity index is 586. The lowest BCUT2D eigenvalue weighted by Gasteiger charge is -2.59. The summed E-state index contributed by atoms with van der Waals surface area (Å²) in [7, 11) is 1.46. The third kappa shape index (κ3) is 2.35. The van der Waals surface area contributed by atoms with Crippen molar-refractivity contribution in [2.75, 3.05) is 7.11 Å². The number of aliphatic hydroxyl groups is 1. The molecule has 0 amide bonds. The summed E-state index contributed by atoms with van der Waals surface area (Å²) in [6.07, 6.45) is 7.12. The van der Waals surface area contributed by atoms with Crippen molar-refractivity contribution in [2.24, 2.45) is 40.4 Å². The van der Waals surface area contributed by atoms with Gasteiger partial charge in [-0.1, -0.05) is 13.8 Å². The van der Waals surface area contributed by atoms with Crippen LogP contribution >= 0.6 is 0 Å². The summed E-state index contributed by atoms with van der Waals surface area (Å²) in [6.45, 7) is 4.48. The molecule has 8 atom stereocenters. The van der Waals surface area contributed by atoms with Gasteiger partial charge in [0.25, 0.3) is 0 Å².